The first kappa shape index (κ1) is 11.2. The highest BCUT2D eigenvalue weighted by atomic mass is 16.3. The van der Waals surface area contributed by atoms with E-state index in [1.165, 1.54) is 37.7 Å². The molecule has 2 rings (SSSR count). The molecule has 4 atom stereocenters. The van der Waals surface area contributed by atoms with Gasteiger partial charge in [0.15, 0.2) is 0 Å². The summed E-state index contributed by atoms with van der Waals surface area (Å²) in [6, 6.07) is 0. The summed E-state index contributed by atoms with van der Waals surface area (Å²) in [6.45, 7) is 8.27. The van der Waals surface area contributed by atoms with Gasteiger partial charge in [-0.25, -0.2) is 0 Å². The standard InChI is InChI=1S/C14H24O/c1-10(2)12-7-6-11-5-4-8-14(3,15)13(11)9-12/h11-13,15H,1,4-9H2,2-3H3/t11-,12-,13+,14+/m0/s1. The first-order valence-electron chi connectivity index (χ1n) is 6.38. The van der Waals surface area contributed by atoms with Crippen LogP contribution in [0.15, 0.2) is 12.2 Å². The van der Waals surface area contributed by atoms with Crippen LogP contribution >= 0.6 is 0 Å². The second kappa shape index (κ2) is 3.93. The fourth-order valence-electron chi connectivity index (χ4n) is 3.70. The molecule has 15 heavy (non-hydrogen) atoms. The molecule has 0 unspecified atom stereocenters. The average Bonchev–Trinajstić information content (AvgIpc) is 2.17. The molecule has 0 saturated heterocycles. The Hall–Kier alpha value is -0.300. The predicted molar refractivity (Wildman–Crippen MR) is 63.6 cm³/mol. The zero-order valence-electron chi connectivity index (χ0n) is 10.1. The van der Waals surface area contributed by atoms with E-state index in [0.717, 1.165) is 12.3 Å². The normalized spacial score (nSPS) is 45.9. The predicted octanol–water partition coefficient (Wildman–Crippen LogP) is 3.53. The zero-order valence-corrected chi connectivity index (χ0v) is 10.1. The molecule has 0 aromatic heterocycles. The maximum Gasteiger partial charge on any atom is 0.0650 e. The van der Waals surface area contributed by atoms with Gasteiger partial charge in [-0.05, 0) is 63.7 Å². The van der Waals surface area contributed by atoms with Crippen molar-refractivity contribution in [3.05, 3.63) is 12.2 Å². The van der Waals surface area contributed by atoms with Crippen molar-refractivity contribution in [2.45, 2.75) is 58.0 Å². The third-order valence-corrected chi connectivity index (χ3v) is 4.75. The third kappa shape index (κ3) is 2.13. The lowest BCUT2D eigenvalue weighted by Crippen LogP contribution is -2.45. The Balaban J connectivity index is 2.10. The van der Waals surface area contributed by atoms with Gasteiger partial charge in [-0.15, -0.1) is 0 Å². The van der Waals surface area contributed by atoms with Gasteiger partial charge in [-0.1, -0.05) is 18.6 Å². The lowest BCUT2D eigenvalue weighted by atomic mass is 9.60. The van der Waals surface area contributed by atoms with Crippen LogP contribution in [0.2, 0.25) is 0 Å². The molecule has 2 saturated carbocycles. The van der Waals surface area contributed by atoms with Crippen molar-refractivity contribution in [3.63, 3.8) is 0 Å². The van der Waals surface area contributed by atoms with Crippen molar-refractivity contribution in [3.8, 4) is 0 Å². The number of hydrogen-bond acceptors (Lipinski definition) is 1. The summed E-state index contributed by atoms with van der Waals surface area (Å²) in [6.07, 6.45) is 7.32. The van der Waals surface area contributed by atoms with E-state index in [9.17, 15) is 5.11 Å². The Bertz CT molecular complexity index is 254. The van der Waals surface area contributed by atoms with E-state index in [1.54, 1.807) is 0 Å². The Labute approximate surface area is 93.6 Å². The molecule has 0 heterocycles. The van der Waals surface area contributed by atoms with E-state index in [4.69, 9.17) is 0 Å². The van der Waals surface area contributed by atoms with E-state index >= 15 is 0 Å². The monoisotopic (exact) mass is 208 g/mol. The molecule has 0 aromatic rings. The minimum Gasteiger partial charge on any atom is -0.390 e. The van der Waals surface area contributed by atoms with Crippen LogP contribution in [0.3, 0.4) is 0 Å². The first-order chi connectivity index (χ1) is 7.00. The van der Waals surface area contributed by atoms with Gasteiger partial charge >= 0.3 is 0 Å². The van der Waals surface area contributed by atoms with E-state index in [2.05, 4.69) is 13.5 Å². The highest BCUT2D eigenvalue weighted by molar-refractivity contribution is 5.03. The molecule has 0 aromatic carbocycles. The molecule has 2 aliphatic carbocycles. The van der Waals surface area contributed by atoms with Crippen molar-refractivity contribution in [2.75, 3.05) is 0 Å². The number of hydrogen-bond donors (Lipinski definition) is 1. The summed E-state index contributed by atoms with van der Waals surface area (Å²) >= 11 is 0. The van der Waals surface area contributed by atoms with Crippen LogP contribution in [-0.4, -0.2) is 10.7 Å². The molecule has 0 amide bonds. The smallest absolute Gasteiger partial charge is 0.0650 e. The van der Waals surface area contributed by atoms with E-state index in [1.807, 2.05) is 6.92 Å². The third-order valence-electron chi connectivity index (χ3n) is 4.75. The number of allylic oxidation sites excluding steroid dienone is 1. The van der Waals surface area contributed by atoms with E-state index in [-0.39, 0.29) is 0 Å². The van der Waals surface area contributed by atoms with Crippen LogP contribution in [0.5, 0.6) is 0 Å². The van der Waals surface area contributed by atoms with Crippen molar-refractivity contribution in [1.29, 1.82) is 0 Å². The van der Waals surface area contributed by atoms with Crippen molar-refractivity contribution < 1.29 is 5.11 Å². The molecule has 1 nitrogen and oxygen atoms in total. The Morgan fingerprint density at radius 3 is 2.73 bits per heavy atom. The summed E-state index contributed by atoms with van der Waals surface area (Å²) in [7, 11) is 0. The van der Waals surface area contributed by atoms with Crippen LogP contribution < -0.4 is 0 Å². The second-order valence-electron chi connectivity index (χ2n) is 5.97. The van der Waals surface area contributed by atoms with Crippen LogP contribution in [0.25, 0.3) is 0 Å². The highest BCUT2D eigenvalue weighted by Crippen LogP contribution is 2.48. The first-order valence-corrected chi connectivity index (χ1v) is 6.38. The summed E-state index contributed by atoms with van der Waals surface area (Å²) in [5.41, 5.74) is 0.909. The summed E-state index contributed by atoms with van der Waals surface area (Å²) in [5.74, 6) is 1.97. The van der Waals surface area contributed by atoms with Gasteiger partial charge in [-0.3, -0.25) is 0 Å². The van der Waals surface area contributed by atoms with Gasteiger partial charge in [0.05, 0.1) is 5.60 Å². The summed E-state index contributed by atoms with van der Waals surface area (Å²) < 4.78 is 0. The molecular formula is C14H24O. The Morgan fingerprint density at radius 2 is 2.07 bits per heavy atom. The van der Waals surface area contributed by atoms with Gasteiger partial charge in [0.25, 0.3) is 0 Å². The molecule has 86 valence electrons. The average molecular weight is 208 g/mol. The van der Waals surface area contributed by atoms with Gasteiger partial charge in [0.1, 0.15) is 0 Å². The van der Waals surface area contributed by atoms with Gasteiger partial charge in [0, 0.05) is 0 Å². The van der Waals surface area contributed by atoms with Gasteiger partial charge in [0.2, 0.25) is 0 Å². The highest BCUT2D eigenvalue weighted by Gasteiger charge is 2.43. The van der Waals surface area contributed by atoms with Crippen molar-refractivity contribution >= 4 is 0 Å². The molecule has 2 fully saturated rings. The Kier molecular flexibility index (Phi) is 2.94. The molecule has 0 radical (unpaired) electrons. The molecule has 0 aliphatic heterocycles. The minimum absolute atomic E-state index is 0.406. The Morgan fingerprint density at radius 1 is 1.33 bits per heavy atom. The number of aliphatic hydroxyl groups is 1. The second-order valence-corrected chi connectivity index (χ2v) is 5.97. The quantitative estimate of drug-likeness (QED) is 0.654. The summed E-state index contributed by atoms with van der Waals surface area (Å²) in [4.78, 5) is 0. The van der Waals surface area contributed by atoms with Crippen molar-refractivity contribution in [2.24, 2.45) is 17.8 Å². The maximum atomic E-state index is 10.4. The SMILES string of the molecule is C=C(C)[C@H]1CC[C@@H]2CCC[C@@](C)(O)[C@@H]2C1. The number of fused-ring (bicyclic) bond motifs is 1. The van der Waals surface area contributed by atoms with E-state index in [0.29, 0.717) is 11.8 Å². The van der Waals surface area contributed by atoms with Crippen LogP contribution in [0.4, 0.5) is 0 Å². The number of rotatable bonds is 1. The maximum absolute atomic E-state index is 10.4. The van der Waals surface area contributed by atoms with Crippen LogP contribution in [-0.2, 0) is 0 Å². The van der Waals surface area contributed by atoms with E-state index < -0.39 is 5.60 Å². The van der Waals surface area contributed by atoms with Crippen molar-refractivity contribution in [1.82, 2.24) is 0 Å². The topological polar surface area (TPSA) is 20.2 Å². The minimum atomic E-state index is -0.406. The largest absolute Gasteiger partial charge is 0.390 e. The molecule has 0 bridgehead atoms. The molecule has 1 N–H and O–H groups in total. The van der Waals surface area contributed by atoms with Gasteiger partial charge in [-0.2, -0.15) is 0 Å². The zero-order chi connectivity index (χ0) is 11.1. The van der Waals surface area contributed by atoms with Crippen LogP contribution in [0, 0.1) is 17.8 Å². The van der Waals surface area contributed by atoms with Gasteiger partial charge < -0.3 is 5.11 Å². The molecular weight excluding hydrogens is 184 g/mol. The molecule has 0 spiro atoms. The lowest BCUT2D eigenvalue weighted by Gasteiger charge is -2.47. The van der Waals surface area contributed by atoms with Crippen LogP contribution in [0.1, 0.15) is 52.4 Å². The fraction of sp³-hybridized carbons (Fsp3) is 0.857. The summed E-state index contributed by atoms with van der Waals surface area (Å²) in [5, 5.41) is 10.4. The fourth-order valence-corrected chi connectivity index (χ4v) is 3.70. The molecule has 1 heteroatoms. The molecule has 2 aliphatic rings. The lowest BCUT2D eigenvalue weighted by molar-refractivity contribution is -0.0805.